The lowest BCUT2D eigenvalue weighted by Crippen LogP contribution is -2.26. The number of amides is 1. The van der Waals surface area contributed by atoms with Crippen molar-refractivity contribution in [1.29, 1.82) is 5.26 Å². The molecule has 0 aliphatic heterocycles. The maximum absolute atomic E-state index is 12.4. The predicted molar refractivity (Wildman–Crippen MR) is 119 cm³/mol. The topological polar surface area (TPSA) is 84.5 Å². The minimum Gasteiger partial charge on any atom is -0.493 e. The van der Waals surface area contributed by atoms with Crippen LogP contribution in [0.3, 0.4) is 0 Å². The Morgan fingerprint density at radius 3 is 2.61 bits per heavy atom. The second-order valence-electron chi connectivity index (χ2n) is 6.55. The van der Waals surface area contributed by atoms with Crippen molar-refractivity contribution in [1.82, 2.24) is 5.32 Å². The summed E-state index contributed by atoms with van der Waals surface area (Å²) in [5.41, 5.74) is 1.66. The summed E-state index contributed by atoms with van der Waals surface area (Å²) >= 11 is 6.19. The van der Waals surface area contributed by atoms with E-state index in [-0.39, 0.29) is 5.57 Å². The van der Waals surface area contributed by atoms with Gasteiger partial charge in [0.05, 0.1) is 19.2 Å². The maximum atomic E-state index is 12.4. The van der Waals surface area contributed by atoms with E-state index < -0.39 is 5.91 Å². The molecule has 1 N–H and O–H groups in total. The molecule has 6 nitrogen and oxygen atoms in total. The van der Waals surface area contributed by atoms with Crippen LogP contribution in [0.25, 0.3) is 17.4 Å². The first-order chi connectivity index (χ1) is 15.0. The highest BCUT2D eigenvalue weighted by atomic mass is 35.5. The Hall–Kier alpha value is -3.69. The number of nitrogens with one attached hydrogen (secondary N) is 1. The lowest BCUT2D eigenvalue weighted by atomic mass is 10.1. The van der Waals surface area contributed by atoms with Crippen molar-refractivity contribution in [2.75, 3.05) is 20.8 Å². The number of hydrogen-bond donors (Lipinski definition) is 1. The van der Waals surface area contributed by atoms with Crippen LogP contribution >= 0.6 is 11.6 Å². The van der Waals surface area contributed by atoms with Crippen molar-refractivity contribution >= 4 is 23.6 Å². The Kier molecular flexibility index (Phi) is 7.36. The van der Waals surface area contributed by atoms with Gasteiger partial charge < -0.3 is 19.2 Å². The molecule has 0 aliphatic carbocycles. The van der Waals surface area contributed by atoms with E-state index in [2.05, 4.69) is 5.32 Å². The molecule has 1 heterocycles. The van der Waals surface area contributed by atoms with E-state index in [4.69, 9.17) is 25.5 Å². The van der Waals surface area contributed by atoms with Crippen LogP contribution in [0.1, 0.15) is 11.3 Å². The summed E-state index contributed by atoms with van der Waals surface area (Å²) in [5, 5.41) is 12.7. The molecule has 0 radical (unpaired) electrons. The summed E-state index contributed by atoms with van der Waals surface area (Å²) < 4.78 is 16.2. The Bertz CT molecular complexity index is 1140. The number of methoxy groups -OCH3 is 2. The quantitative estimate of drug-likeness (QED) is 0.401. The van der Waals surface area contributed by atoms with Gasteiger partial charge in [-0.1, -0.05) is 29.8 Å². The molecule has 2 aromatic carbocycles. The molecule has 1 amide bonds. The highest BCUT2D eigenvalue weighted by Crippen LogP contribution is 2.30. The van der Waals surface area contributed by atoms with Crippen LogP contribution in [0.15, 0.2) is 64.6 Å². The van der Waals surface area contributed by atoms with E-state index in [0.717, 1.165) is 11.1 Å². The molecule has 0 saturated carbocycles. The molecule has 0 saturated heterocycles. The predicted octanol–water partition coefficient (Wildman–Crippen LogP) is 4.88. The molecule has 7 heteroatoms. The molecule has 1 aromatic heterocycles. The van der Waals surface area contributed by atoms with E-state index >= 15 is 0 Å². The summed E-state index contributed by atoms with van der Waals surface area (Å²) in [5.74, 6) is 1.74. The summed E-state index contributed by atoms with van der Waals surface area (Å²) in [7, 11) is 3.14. The van der Waals surface area contributed by atoms with Crippen LogP contribution in [0.4, 0.5) is 0 Å². The molecule has 3 aromatic rings. The molecule has 0 aliphatic rings. The monoisotopic (exact) mass is 436 g/mol. The van der Waals surface area contributed by atoms with Gasteiger partial charge in [-0.05, 0) is 48.4 Å². The standard InChI is InChI=1S/C24H21ClN2O4/c1-29-22-9-7-16(13-23(22)30-2)11-12-27-24(28)17(15-26)14-18-8-10-21(31-18)19-5-3-4-6-20(19)25/h3-10,13-14H,11-12H2,1-2H3,(H,27,28). The summed E-state index contributed by atoms with van der Waals surface area (Å²) in [6, 6.07) is 18.2. The van der Waals surface area contributed by atoms with Gasteiger partial charge in [0.15, 0.2) is 11.5 Å². The van der Waals surface area contributed by atoms with Crippen molar-refractivity contribution in [2.24, 2.45) is 0 Å². The number of nitrogens with zero attached hydrogens (tertiary/aromatic N) is 1. The highest BCUT2D eigenvalue weighted by Gasteiger charge is 2.12. The normalized spacial score (nSPS) is 11.0. The average molecular weight is 437 g/mol. The fraction of sp³-hybridized carbons (Fsp3) is 0.167. The van der Waals surface area contributed by atoms with E-state index in [1.807, 2.05) is 42.5 Å². The lowest BCUT2D eigenvalue weighted by molar-refractivity contribution is -0.117. The van der Waals surface area contributed by atoms with Crippen molar-refractivity contribution in [3.05, 3.63) is 76.5 Å². The summed E-state index contributed by atoms with van der Waals surface area (Å²) in [6.07, 6.45) is 1.98. The number of hydrogen-bond acceptors (Lipinski definition) is 5. The van der Waals surface area contributed by atoms with Crippen LogP contribution in [0.5, 0.6) is 11.5 Å². The molecule has 0 atom stereocenters. The molecular formula is C24H21ClN2O4. The zero-order valence-electron chi connectivity index (χ0n) is 17.1. The minimum absolute atomic E-state index is 0.0487. The Labute approximate surface area is 185 Å². The van der Waals surface area contributed by atoms with Gasteiger partial charge in [0, 0.05) is 18.2 Å². The first-order valence-electron chi connectivity index (χ1n) is 9.51. The number of nitriles is 1. The smallest absolute Gasteiger partial charge is 0.262 e. The Morgan fingerprint density at radius 1 is 1.13 bits per heavy atom. The third kappa shape index (κ3) is 5.47. The number of rotatable bonds is 8. The van der Waals surface area contributed by atoms with Crippen LogP contribution in [-0.2, 0) is 11.2 Å². The first kappa shape index (κ1) is 22.0. The lowest BCUT2D eigenvalue weighted by Gasteiger charge is -2.10. The number of furan rings is 1. The molecule has 158 valence electrons. The van der Waals surface area contributed by atoms with Gasteiger partial charge in [-0.3, -0.25) is 4.79 Å². The van der Waals surface area contributed by atoms with Crippen LogP contribution in [-0.4, -0.2) is 26.7 Å². The largest absolute Gasteiger partial charge is 0.493 e. The number of carbonyl (C=O) groups excluding carboxylic acids is 1. The molecule has 3 rings (SSSR count). The first-order valence-corrected chi connectivity index (χ1v) is 9.89. The molecule has 0 fully saturated rings. The van der Waals surface area contributed by atoms with Crippen LogP contribution in [0.2, 0.25) is 5.02 Å². The van der Waals surface area contributed by atoms with Gasteiger partial charge in [0.1, 0.15) is 23.2 Å². The third-order valence-corrected chi connectivity index (χ3v) is 4.89. The van der Waals surface area contributed by atoms with Crippen LogP contribution < -0.4 is 14.8 Å². The molecule has 0 spiro atoms. The average Bonchev–Trinajstić information content (AvgIpc) is 3.25. The zero-order valence-corrected chi connectivity index (χ0v) is 17.9. The van der Waals surface area contributed by atoms with Gasteiger partial charge in [-0.15, -0.1) is 0 Å². The SMILES string of the molecule is COc1ccc(CCNC(=O)C(C#N)=Cc2ccc(-c3ccccc3Cl)o2)cc1OC. The van der Waals surface area contributed by atoms with Crippen LogP contribution in [0, 0.1) is 11.3 Å². The second kappa shape index (κ2) is 10.4. The fourth-order valence-electron chi connectivity index (χ4n) is 2.98. The van der Waals surface area contributed by atoms with Gasteiger partial charge >= 0.3 is 0 Å². The van der Waals surface area contributed by atoms with E-state index in [1.54, 1.807) is 32.4 Å². The van der Waals surface area contributed by atoms with Gasteiger partial charge in [0.2, 0.25) is 0 Å². The van der Waals surface area contributed by atoms with Crippen molar-refractivity contribution in [3.8, 4) is 28.9 Å². The fourth-order valence-corrected chi connectivity index (χ4v) is 3.21. The van der Waals surface area contributed by atoms with Gasteiger partial charge in [-0.2, -0.15) is 5.26 Å². The van der Waals surface area contributed by atoms with Gasteiger partial charge in [0.25, 0.3) is 5.91 Å². The third-order valence-electron chi connectivity index (χ3n) is 4.56. The molecule has 0 bridgehead atoms. The zero-order chi connectivity index (χ0) is 22.2. The Balaban J connectivity index is 1.64. The molecule has 0 unspecified atom stereocenters. The van der Waals surface area contributed by atoms with Gasteiger partial charge in [-0.25, -0.2) is 0 Å². The number of benzene rings is 2. The Morgan fingerprint density at radius 2 is 1.90 bits per heavy atom. The minimum atomic E-state index is -0.473. The van der Waals surface area contributed by atoms with Crippen molar-refractivity contribution < 1.29 is 18.7 Å². The number of carbonyl (C=O) groups is 1. The second-order valence-corrected chi connectivity index (χ2v) is 6.95. The molecule has 31 heavy (non-hydrogen) atoms. The van der Waals surface area contributed by atoms with Crippen molar-refractivity contribution in [2.45, 2.75) is 6.42 Å². The van der Waals surface area contributed by atoms with E-state index in [1.165, 1.54) is 6.08 Å². The molecular weight excluding hydrogens is 416 g/mol. The van der Waals surface area contributed by atoms with E-state index in [9.17, 15) is 10.1 Å². The van der Waals surface area contributed by atoms with E-state index in [0.29, 0.717) is 41.0 Å². The van der Waals surface area contributed by atoms with Crippen molar-refractivity contribution in [3.63, 3.8) is 0 Å². The number of ether oxygens (including phenoxy) is 2. The maximum Gasteiger partial charge on any atom is 0.262 e. The number of halogens is 1. The summed E-state index contributed by atoms with van der Waals surface area (Å²) in [4.78, 5) is 12.4. The highest BCUT2D eigenvalue weighted by molar-refractivity contribution is 6.33. The summed E-state index contributed by atoms with van der Waals surface area (Å²) in [6.45, 7) is 0.358.